The summed E-state index contributed by atoms with van der Waals surface area (Å²) in [6.45, 7) is 0.0139. The standard InChI is InChI=1S/C13H11F6NO2/c14-12(15,16)9-1-8(2-10(3-9)13(17,18)19)11(22)20-4-7(5-20)6-21/h1-3,7,21H,4-6H2. The van der Waals surface area contributed by atoms with Gasteiger partial charge in [0.05, 0.1) is 11.1 Å². The second-order valence-electron chi connectivity index (χ2n) is 5.05. The molecule has 1 N–H and O–H groups in total. The summed E-state index contributed by atoms with van der Waals surface area (Å²) in [4.78, 5) is 13.1. The Kier molecular flexibility index (Phi) is 4.12. The second-order valence-corrected chi connectivity index (χ2v) is 5.05. The van der Waals surface area contributed by atoms with Crippen molar-refractivity contribution in [3.8, 4) is 0 Å². The lowest BCUT2D eigenvalue weighted by Crippen LogP contribution is -2.51. The molecule has 2 rings (SSSR count). The molecule has 122 valence electrons. The Hall–Kier alpha value is -1.77. The van der Waals surface area contributed by atoms with Crippen LogP contribution in [0.2, 0.25) is 0 Å². The summed E-state index contributed by atoms with van der Waals surface area (Å²) < 4.78 is 76.1. The van der Waals surface area contributed by atoms with Gasteiger partial charge >= 0.3 is 12.4 Å². The fourth-order valence-electron chi connectivity index (χ4n) is 2.11. The maximum Gasteiger partial charge on any atom is 0.416 e. The first-order valence-electron chi connectivity index (χ1n) is 6.22. The molecule has 3 nitrogen and oxygen atoms in total. The van der Waals surface area contributed by atoms with Crippen LogP contribution in [0.1, 0.15) is 21.5 Å². The molecule has 1 aromatic rings. The minimum Gasteiger partial charge on any atom is -0.396 e. The summed E-state index contributed by atoms with van der Waals surface area (Å²) in [5, 5.41) is 8.82. The van der Waals surface area contributed by atoms with Crippen LogP contribution in [-0.4, -0.2) is 35.6 Å². The van der Waals surface area contributed by atoms with E-state index in [0.717, 1.165) is 4.90 Å². The van der Waals surface area contributed by atoms with Crippen LogP contribution < -0.4 is 0 Å². The van der Waals surface area contributed by atoms with Gasteiger partial charge in [-0.1, -0.05) is 0 Å². The van der Waals surface area contributed by atoms with Crippen LogP contribution >= 0.6 is 0 Å². The van der Waals surface area contributed by atoms with Crippen molar-refractivity contribution in [2.24, 2.45) is 5.92 Å². The Morgan fingerprint density at radius 2 is 1.50 bits per heavy atom. The molecule has 22 heavy (non-hydrogen) atoms. The second kappa shape index (κ2) is 5.45. The number of carbonyl (C=O) groups excluding carboxylic acids is 1. The number of hydrogen-bond donors (Lipinski definition) is 1. The summed E-state index contributed by atoms with van der Waals surface area (Å²) in [6.07, 6.45) is -9.97. The highest BCUT2D eigenvalue weighted by Gasteiger charge is 2.39. The Balaban J connectivity index is 2.36. The van der Waals surface area contributed by atoms with Gasteiger partial charge in [-0.15, -0.1) is 0 Å². The van der Waals surface area contributed by atoms with Crippen molar-refractivity contribution in [1.29, 1.82) is 0 Å². The molecule has 0 saturated carbocycles. The van der Waals surface area contributed by atoms with Crippen LogP contribution in [-0.2, 0) is 12.4 Å². The first-order chi connectivity index (χ1) is 10.0. The summed E-state index contributed by atoms with van der Waals surface area (Å²) in [5.41, 5.74) is -3.71. The zero-order valence-electron chi connectivity index (χ0n) is 11.0. The molecule has 0 bridgehead atoms. The minimum absolute atomic E-state index is 0.0244. The number of aliphatic hydroxyl groups excluding tert-OH is 1. The molecule has 0 aliphatic carbocycles. The normalized spacial score (nSPS) is 16.6. The van der Waals surface area contributed by atoms with Gasteiger partial charge in [0.25, 0.3) is 5.91 Å². The maximum absolute atomic E-state index is 12.7. The first kappa shape index (κ1) is 16.6. The van der Waals surface area contributed by atoms with Crippen LogP contribution in [0.25, 0.3) is 0 Å². The van der Waals surface area contributed by atoms with Crippen LogP contribution in [0, 0.1) is 5.92 Å². The Labute approximate surface area is 121 Å². The predicted octanol–water partition coefficient (Wildman–Crippen LogP) is 2.79. The van der Waals surface area contributed by atoms with E-state index in [1.165, 1.54) is 0 Å². The summed E-state index contributed by atoms with van der Waals surface area (Å²) in [7, 11) is 0. The maximum atomic E-state index is 12.7. The number of likely N-dealkylation sites (tertiary alicyclic amines) is 1. The highest BCUT2D eigenvalue weighted by atomic mass is 19.4. The Morgan fingerprint density at radius 1 is 1.05 bits per heavy atom. The van der Waals surface area contributed by atoms with E-state index in [1.807, 2.05) is 0 Å². The van der Waals surface area contributed by atoms with Gasteiger partial charge < -0.3 is 10.0 Å². The van der Waals surface area contributed by atoms with Gasteiger partial charge in [0, 0.05) is 31.2 Å². The number of alkyl halides is 6. The van der Waals surface area contributed by atoms with Crippen molar-refractivity contribution >= 4 is 5.91 Å². The summed E-state index contributed by atoms with van der Waals surface area (Å²) in [5.74, 6) is -1.11. The lowest BCUT2D eigenvalue weighted by Gasteiger charge is -2.38. The fourth-order valence-corrected chi connectivity index (χ4v) is 2.11. The zero-order valence-corrected chi connectivity index (χ0v) is 11.0. The molecule has 9 heteroatoms. The van der Waals surface area contributed by atoms with Crippen molar-refractivity contribution < 1.29 is 36.2 Å². The van der Waals surface area contributed by atoms with Gasteiger partial charge in [-0.2, -0.15) is 26.3 Å². The number of rotatable bonds is 2. The number of hydrogen-bond acceptors (Lipinski definition) is 2. The minimum atomic E-state index is -4.99. The zero-order chi connectivity index (χ0) is 16.7. The van der Waals surface area contributed by atoms with Crippen molar-refractivity contribution in [2.45, 2.75) is 12.4 Å². The molecule has 0 spiro atoms. The molecule has 1 heterocycles. The molecule has 1 aliphatic rings. The van der Waals surface area contributed by atoms with E-state index in [-0.39, 0.29) is 31.7 Å². The number of nitrogens with zero attached hydrogens (tertiary/aromatic N) is 1. The van der Waals surface area contributed by atoms with Crippen molar-refractivity contribution in [1.82, 2.24) is 4.90 Å². The van der Waals surface area contributed by atoms with E-state index in [2.05, 4.69) is 0 Å². The summed E-state index contributed by atoms with van der Waals surface area (Å²) in [6, 6.07) is 0.789. The number of amides is 1. The number of aliphatic hydroxyl groups is 1. The molecular formula is C13H11F6NO2. The topological polar surface area (TPSA) is 40.5 Å². The van der Waals surface area contributed by atoms with Gasteiger partial charge in [-0.3, -0.25) is 4.79 Å². The summed E-state index contributed by atoms with van der Waals surface area (Å²) >= 11 is 0. The molecular weight excluding hydrogens is 316 g/mol. The highest BCUT2D eigenvalue weighted by molar-refractivity contribution is 5.95. The smallest absolute Gasteiger partial charge is 0.396 e. The number of halogens is 6. The van der Waals surface area contributed by atoms with Gasteiger partial charge in [-0.25, -0.2) is 0 Å². The molecule has 0 atom stereocenters. The molecule has 0 aromatic heterocycles. The first-order valence-corrected chi connectivity index (χ1v) is 6.22. The highest BCUT2D eigenvalue weighted by Crippen LogP contribution is 2.36. The van der Waals surface area contributed by atoms with E-state index in [0.29, 0.717) is 12.1 Å². The quantitative estimate of drug-likeness (QED) is 0.849. The average Bonchev–Trinajstić information content (AvgIpc) is 2.34. The fraction of sp³-hybridized carbons (Fsp3) is 0.462. The van der Waals surface area contributed by atoms with Crippen LogP contribution in [0.3, 0.4) is 0 Å². The van der Waals surface area contributed by atoms with E-state index in [4.69, 9.17) is 5.11 Å². The lowest BCUT2D eigenvalue weighted by molar-refractivity contribution is -0.143. The van der Waals surface area contributed by atoms with E-state index in [9.17, 15) is 31.1 Å². The Morgan fingerprint density at radius 3 is 1.86 bits per heavy atom. The van der Waals surface area contributed by atoms with Crippen LogP contribution in [0.15, 0.2) is 18.2 Å². The molecule has 1 aliphatic heterocycles. The monoisotopic (exact) mass is 327 g/mol. The molecule has 1 saturated heterocycles. The molecule has 1 aromatic carbocycles. The van der Waals surface area contributed by atoms with Gasteiger partial charge in [-0.05, 0) is 18.2 Å². The van der Waals surface area contributed by atoms with Gasteiger partial charge in [0.1, 0.15) is 0 Å². The van der Waals surface area contributed by atoms with Crippen LogP contribution in [0.5, 0.6) is 0 Å². The van der Waals surface area contributed by atoms with E-state index in [1.54, 1.807) is 0 Å². The number of carbonyl (C=O) groups is 1. The molecule has 0 radical (unpaired) electrons. The SMILES string of the molecule is O=C(c1cc(C(F)(F)F)cc(C(F)(F)F)c1)N1CC(CO)C1. The lowest BCUT2D eigenvalue weighted by atomic mass is 9.98. The number of benzene rings is 1. The third kappa shape index (κ3) is 3.34. The molecule has 1 fully saturated rings. The average molecular weight is 327 g/mol. The largest absolute Gasteiger partial charge is 0.416 e. The van der Waals surface area contributed by atoms with Crippen molar-refractivity contribution in [3.63, 3.8) is 0 Å². The third-order valence-electron chi connectivity index (χ3n) is 3.34. The van der Waals surface area contributed by atoms with E-state index >= 15 is 0 Å². The van der Waals surface area contributed by atoms with E-state index < -0.39 is 35.0 Å². The third-order valence-corrected chi connectivity index (χ3v) is 3.34. The van der Waals surface area contributed by atoms with Crippen LogP contribution in [0.4, 0.5) is 26.3 Å². The predicted molar refractivity (Wildman–Crippen MR) is 62.9 cm³/mol. The Bertz CT molecular complexity index is 543. The van der Waals surface area contributed by atoms with Crippen molar-refractivity contribution in [3.05, 3.63) is 34.9 Å². The molecule has 1 amide bonds. The molecule has 0 unspecified atom stereocenters. The van der Waals surface area contributed by atoms with Crippen molar-refractivity contribution in [2.75, 3.05) is 19.7 Å². The van der Waals surface area contributed by atoms with Gasteiger partial charge in [0.15, 0.2) is 0 Å². The van der Waals surface area contributed by atoms with Gasteiger partial charge in [0.2, 0.25) is 0 Å².